The van der Waals surface area contributed by atoms with Crippen LogP contribution in [0.2, 0.25) is 0 Å². The first-order valence-electron chi connectivity index (χ1n) is 9.13. The van der Waals surface area contributed by atoms with E-state index in [1.54, 1.807) is 26.0 Å². The van der Waals surface area contributed by atoms with E-state index in [1.165, 1.54) is 35.2 Å². The van der Waals surface area contributed by atoms with E-state index in [-0.39, 0.29) is 5.82 Å². The third kappa shape index (κ3) is 6.13. The van der Waals surface area contributed by atoms with Crippen LogP contribution in [0.4, 0.5) is 4.39 Å². The number of carboxylic acids is 1. The zero-order valence-corrected chi connectivity index (χ0v) is 17.9. The Bertz CT molecular complexity index is 953. The van der Waals surface area contributed by atoms with Crippen molar-refractivity contribution in [2.75, 3.05) is 6.61 Å². The Labute approximate surface area is 177 Å². The predicted octanol–water partition coefficient (Wildman–Crippen LogP) is 5.66. The van der Waals surface area contributed by atoms with Crippen molar-refractivity contribution in [3.05, 3.63) is 71.0 Å². The molecule has 0 saturated carbocycles. The number of aliphatic carboxylic acids is 1. The molecule has 29 heavy (non-hydrogen) atoms. The normalized spacial score (nSPS) is 11.6. The van der Waals surface area contributed by atoms with Crippen LogP contribution in [-0.4, -0.2) is 27.4 Å². The molecule has 0 aliphatic carbocycles. The molecule has 1 N–H and O–H groups in total. The topological polar surface area (TPSA) is 59.4 Å². The lowest BCUT2D eigenvalue weighted by molar-refractivity contribution is -0.138. The van der Waals surface area contributed by atoms with Crippen molar-refractivity contribution in [2.45, 2.75) is 36.0 Å². The maximum Gasteiger partial charge on any atom is 0.319 e. The maximum atomic E-state index is 13.0. The van der Waals surface area contributed by atoms with Gasteiger partial charge in [0.1, 0.15) is 10.6 Å². The molecule has 0 amide bonds. The molecule has 7 heteroatoms. The van der Waals surface area contributed by atoms with Gasteiger partial charge in [0, 0.05) is 11.8 Å². The van der Waals surface area contributed by atoms with Crippen molar-refractivity contribution in [1.29, 1.82) is 0 Å². The molecule has 0 saturated heterocycles. The highest BCUT2D eigenvalue weighted by atomic mass is 32.2. The number of rotatable bonds is 9. The zero-order valence-electron chi connectivity index (χ0n) is 16.2. The molecule has 2 aromatic carbocycles. The van der Waals surface area contributed by atoms with E-state index in [0.29, 0.717) is 19.6 Å². The highest BCUT2D eigenvalue weighted by Crippen LogP contribution is 2.34. The molecular weight excluding hydrogens is 409 g/mol. The average molecular weight is 432 g/mol. The SMILES string of the molecule is CC(C)(Sc1nc(CCOCc2ccc(-c3ccc(F)cc3)cc2)cs1)C(=O)O. The number of aromatic nitrogens is 1. The first-order valence-corrected chi connectivity index (χ1v) is 10.8. The van der Waals surface area contributed by atoms with Gasteiger partial charge in [-0.3, -0.25) is 4.79 Å². The van der Waals surface area contributed by atoms with Crippen LogP contribution < -0.4 is 0 Å². The Morgan fingerprint density at radius 3 is 2.38 bits per heavy atom. The zero-order chi connectivity index (χ0) is 20.9. The van der Waals surface area contributed by atoms with Crippen LogP contribution in [-0.2, 0) is 22.6 Å². The molecule has 4 nitrogen and oxygen atoms in total. The number of carbonyl (C=O) groups is 1. The molecule has 0 radical (unpaired) electrons. The summed E-state index contributed by atoms with van der Waals surface area (Å²) in [5, 5.41) is 11.2. The Kier molecular flexibility index (Phi) is 7.05. The summed E-state index contributed by atoms with van der Waals surface area (Å²) in [6.45, 7) is 4.38. The standard InChI is InChI=1S/C22H22FNO3S2/c1-22(2,20(25)26)29-21-24-19(14-28-21)11-12-27-13-15-3-5-16(6-4-15)17-7-9-18(23)10-8-17/h3-10,14H,11-13H2,1-2H3,(H,25,26). The van der Waals surface area contributed by atoms with E-state index < -0.39 is 10.7 Å². The molecule has 1 heterocycles. The summed E-state index contributed by atoms with van der Waals surface area (Å²) in [6, 6.07) is 14.4. The summed E-state index contributed by atoms with van der Waals surface area (Å²) in [7, 11) is 0. The van der Waals surface area contributed by atoms with Gasteiger partial charge in [-0.25, -0.2) is 9.37 Å². The summed E-state index contributed by atoms with van der Waals surface area (Å²) >= 11 is 2.72. The Hall–Kier alpha value is -2.22. The highest BCUT2D eigenvalue weighted by molar-refractivity contribution is 8.02. The summed E-state index contributed by atoms with van der Waals surface area (Å²) in [5.74, 6) is -1.09. The van der Waals surface area contributed by atoms with Gasteiger partial charge >= 0.3 is 5.97 Å². The van der Waals surface area contributed by atoms with E-state index in [0.717, 1.165) is 26.7 Å². The molecule has 0 bridgehead atoms. The van der Waals surface area contributed by atoms with Gasteiger partial charge in [0.2, 0.25) is 0 Å². The van der Waals surface area contributed by atoms with Crippen molar-refractivity contribution in [3.8, 4) is 11.1 Å². The minimum Gasteiger partial charge on any atom is -0.480 e. The van der Waals surface area contributed by atoms with Gasteiger partial charge in [-0.1, -0.05) is 48.2 Å². The number of hydrogen-bond donors (Lipinski definition) is 1. The summed E-state index contributed by atoms with van der Waals surface area (Å²) in [6.07, 6.45) is 0.679. The minimum absolute atomic E-state index is 0.241. The Morgan fingerprint density at radius 2 is 1.76 bits per heavy atom. The van der Waals surface area contributed by atoms with Crippen molar-refractivity contribution >= 4 is 29.1 Å². The minimum atomic E-state index is -0.897. The molecule has 152 valence electrons. The number of halogens is 1. The second kappa shape index (κ2) is 9.52. The van der Waals surface area contributed by atoms with Crippen LogP contribution in [0.5, 0.6) is 0 Å². The fraction of sp³-hybridized carbons (Fsp3) is 0.273. The predicted molar refractivity (Wildman–Crippen MR) is 115 cm³/mol. The van der Waals surface area contributed by atoms with Gasteiger partial charge in [-0.2, -0.15) is 0 Å². The molecular formula is C22H22FNO3S2. The molecule has 0 unspecified atom stereocenters. The number of thiazole rings is 1. The molecule has 0 atom stereocenters. The van der Waals surface area contributed by atoms with E-state index in [4.69, 9.17) is 4.74 Å². The lowest BCUT2D eigenvalue weighted by Crippen LogP contribution is -2.26. The number of hydrogen-bond acceptors (Lipinski definition) is 5. The van der Waals surface area contributed by atoms with Gasteiger partial charge < -0.3 is 9.84 Å². The van der Waals surface area contributed by atoms with Crippen molar-refractivity contribution in [2.24, 2.45) is 0 Å². The van der Waals surface area contributed by atoms with Crippen molar-refractivity contribution in [3.63, 3.8) is 0 Å². The fourth-order valence-electron chi connectivity index (χ4n) is 2.51. The number of thioether (sulfide) groups is 1. The maximum absolute atomic E-state index is 13.0. The number of ether oxygens (including phenoxy) is 1. The molecule has 0 fully saturated rings. The van der Waals surface area contributed by atoms with E-state index >= 15 is 0 Å². The molecule has 1 aromatic heterocycles. The average Bonchev–Trinajstić information content (AvgIpc) is 3.13. The van der Waals surface area contributed by atoms with Crippen LogP contribution >= 0.6 is 23.1 Å². The lowest BCUT2D eigenvalue weighted by Gasteiger charge is -2.15. The van der Waals surface area contributed by atoms with Crippen molar-refractivity contribution in [1.82, 2.24) is 4.98 Å². The second-order valence-corrected chi connectivity index (χ2v) is 9.76. The quantitative estimate of drug-likeness (QED) is 0.350. The molecule has 0 aliphatic rings. The monoisotopic (exact) mass is 431 g/mol. The van der Waals surface area contributed by atoms with Gasteiger partial charge in [0.25, 0.3) is 0 Å². The molecule has 0 spiro atoms. The van der Waals surface area contributed by atoms with Gasteiger partial charge in [0.05, 0.1) is 18.9 Å². The summed E-state index contributed by atoms with van der Waals surface area (Å²) in [4.78, 5) is 15.7. The molecule has 3 rings (SSSR count). The van der Waals surface area contributed by atoms with E-state index in [1.807, 2.05) is 29.6 Å². The van der Waals surface area contributed by atoms with E-state index in [2.05, 4.69) is 4.98 Å². The van der Waals surface area contributed by atoms with Crippen LogP contribution in [0, 0.1) is 5.82 Å². The number of nitrogens with zero attached hydrogens (tertiary/aromatic N) is 1. The second-order valence-electron chi connectivity index (χ2n) is 7.03. The van der Waals surface area contributed by atoms with Crippen LogP contribution in [0.3, 0.4) is 0 Å². The third-order valence-corrected chi connectivity index (χ3v) is 6.46. The smallest absolute Gasteiger partial charge is 0.319 e. The summed E-state index contributed by atoms with van der Waals surface area (Å²) < 4.78 is 18.6. The van der Waals surface area contributed by atoms with Gasteiger partial charge in [0.15, 0.2) is 4.34 Å². The first kappa shape index (κ1) is 21.5. The first-order chi connectivity index (χ1) is 13.8. The van der Waals surface area contributed by atoms with E-state index in [9.17, 15) is 14.3 Å². The van der Waals surface area contributed by atoms with Gasteiger partial charge in [-0.15, -0.1) is 11.3 Å². The molecule has 3 aromatic rings. The van der Waals surface area contributed by atoms with Crippen molar-refractivity contribution < 1.29 is 19.0 Å². The number of benzene rings is 2. The Morgan fingerprint density at radius 1 is 1.14 bits per heavy atom. The lowest BCUT2D eigenvalue weighted by atomic mass is 10.0. The Balaban J connectivity index is 1.45. The highest BCUT2D eigenvalue weighted by Gasteiger charge is 2.29. The van der Waals surface area contributed by atoms with Crippen LogP contribution in [0.15, 0.2) is 58.3 Å². The molecule has 0 aliphatic heterocycles. The van der Waals surface area contributed by atoms with Crippen LogP contribution in [0.25, 0.3) is 11.1 Å². The third-order valence-electron chi connectivity index (χ3n) is 4.29. The van der Waals surface area contributed by atoms with Gasteiger partial charge in [-0.05, 0) is 42.7 Å². The summed E-state index contributed by atoms with van der Waals surface area (Å²) in [5.41, 5.74) is 3.98. The van der Waals surface area contributed by atoms with Crippen LogP contribution in [0.1, 0.15) is 25.1 Å². The number of carboxylic acid groups (broad SMARTS) is 1. The largest absolute Gasteiger partial charge is 0.480 e. The fourth-order valence-corrected chi connectivity index (χ4v) is 4.74.